The van der Waals surface area contributed by atoms with Crippen LogP contribution in [0.25, 0.3) is 0 Å². The number of rotatable bonds is 2. The molecule has 0 radical (unpaired) electrons. The maximum Gasteiger partial charge on any atom is 0.410 e. The van der Waals surface area contributed by atoms with Crippen LogP contribution in [-0.2, 0) is 11.3 Å². The molecule has 0 unspecified atom stereocenters. The Bertz CT molecular complexity index is 557. The van der Waals surface area contributed by atoms with Crippen molar-refractivity contribution >= 4 is 27.7 Å². The SMILES string of the molecule is CC(C)(C)OC(=O)N1CCCN(Cc2ccc(Br)cc2N)CC1. The van der Waals surface area contributed by atoms with Crippen molar-refractivity contribution in [3.05, 3.63) is 28.2 Å². The van der Waals surface area contributed by atoms with Gasteiger partial charge < -0.3 is 15.4 Å². The molecule has 1 saturated heterocycles. The van der Waals surface area contributed by atoms with E-state index in [1.54, 1.807) is 4.90 Å². The molecule has 1 amide bonds. The number of carbonyl (C=O) groups excluding carboxylic acids is 1. The number of ether oxygens (including phenoxy) is 1. The van der Waals surface area contributed by atoms with E-state index in [0.29, 0.717) is 6.54 Å². The summed E-state index contributed by atoms with van der Waals surface area (Å²) in [6, 6.07) is 5.99. The molecule has 2 rings (SSSR count). The first-order valence-corrected chi connectivity index (χ1v) is 8.78. The van der Waals surface area contributed by atoms with Crippen LogP contribution in [-0.4, -0.2) is 47.7 Å². The fourth-order valence-corrected chi connectivity index (χ4v) is 2.97. The third kappa shape index (κ3) is 5.70. The molecule has 6 heteroatoms. The molecule has 1 aliphatic heterocycles. The monoisotopic (exact) mass is 383 g/mol. The van der Waals surface area contributed by atoms with E-state index in [1.807, 2.05) is 32.9 Å². The Kier molecular flexibility index (Phi) is 5.92. The van der Waals surface area contributed by atoms with Gasteiger partial charge in [-0.2, -0.15) is 0 Å². The number of hydrogen-bond acceptors (Lipinski definition) is 4. The van der Waals surface area contributed by atoms with Crippen LogP contribution in [0.2, 0.25) is 0 Å². The first kappa shape index (κ1) is 18.1. The van der Waals surface area contributed by atoms with Crippen molar-refractivity contribution in [2.75, 3.05) is 31.9 Å². The molecular weight excluding hydrogens is 358 g/mol. The van der Waals surface area contributed by atoms with Gasteiger partial charge in [0.15, 0.2) is 0 Å². The van der Waals surface area contributed by atoms with Crippen LogP contribution in [0.5, 0.6) is 0 Å². The zero-order valence-electron chi connectivity index (χ0n) is 14.1. The van der Waals surface area contributed by atoms with Gasteiger partial charge >= 0.3 is 6.09 Å². The van der Waals surface area contributed by atoms with Gasteiger partial charge in [0.2, 0.25) is 0 Å². The largest absolute Gasteiger partial charge is 0.444 e. The Morgan fingerprint density at radius 2 is 2.00 bits per heavy atom. The quantitative estimate of drug-likeness (QED) is 0.794. The Morgan fingerprint density at radius 3 is 2.65 bits per heavy atom. The summed E-state index contributed by atoms with van der Waals surface area (Å²) >= 11 is 3.43. The first-order chi connectivity index (χ1) is 10.7. The Balaban J connectivity index is 1.92. The molecule has 128 valence electrons. The van der Waals surface area contributed by atoms with Crippen molar-refractivity contribution in [3.8, 4) is 0 Å². The lowest BCUT2D eigenvalue weighted by molar-refractivity contribution is 0.0257. The fraction of sp³-hybridized carbons (Fsp3) is 0.588. The van der Waals surface area contributed by atoms with E-state index in [9.17, 15) is 4.79 Å². The molecule has 1 heterocycles. The summed E-state index contributed by atoms with van der Waals surface area (Å²) in [5.74, 6) is 0. The number of nitrogens with two attached hydrogens (primary N) is 1. The number of carbonyl (C=O) groups is 1. The van der Waals surface area contributed by atoms with Crippen molar-refractivity contribution in [3.63, 3.8) is 0 Å². The van der Waals surface area contributed by atoms with E-state index >= 15 is 0 Å². The van der Waals surface area contributed by atoms with Crippen molar-refractivity contribution in [2.45, 2.75) is 39.3 Å². The van der Waals surface area contributed by atoms with Crippen LogP contribution in [0.4, 0.5) is 10.5 Å². The minimum Gasteiger partial charge on any atom is -0.444 e. The van der Waals surface area contributed by atoms with Gasteiger partial charge in [-0.25, -0.2) is 4.79 Å². The van der Waals surface area contributed by atoms with Crippen LogP contribution in [0.3, 0.4) is 0 Å². The lowest BCUT2D eigenvalue weighted by Gasteiger charge is -2.26. The van der Waals surface area contributed by atoms with E-state index in [-0.39, 0.29) is 6.09 Å². The molecule has 2 N–H and O–H groups in total. The normalized spacial score (nSPS) is 17.0. The third-order valence-corrected chi connectivity index (χ3v) is 4.24. The molecule has 0 bridgehead atoms. The van der Waals surface area contributed by atoms with Crippen LogP contribution in [0.15, 0.2) is 22.7 Å². The first-order valence-electron chi connectivity index (χ1n) is 7.99. The number of halogens is 1. The molecule has 1 aromatic carbocycles. The molecule has 5 nitrogen and oxygen atoms in total. The number of nitrogen functional groups attached to an aromatic ring is 1. The molecular formula is C17H26BrN3O2. The predicted octanol–water partition coefficient (Wildman–Crippen LogP) is 3.47. The van der Waals surface area contributed by atoms with Gasteiger partial charge in [0.1, 0.15) is 5.60 Å². The van der Waals surface area contributed by atoms with Gasteiger partial charge in [-0.05, 0) is 44.9 Å². The smallest absolute Gasteiger partial charge is 0.410 e. The zero-order chi connectivity index (χ0) is 17.0. The molecule has 0 saturated carbocycles. The number of anilines is 1. The highest BCUT2D eigenvalue weighted by Gasteiger charge is 2.24. The standard InChI is InChI=1S/C17H26BrN3O2/c1-17(2,3)23-16(22)21-8-4-7-20(9-10-21)12-13-5-6-14(18)11-15(13)19/h5-6,11H,4,7-10,12,19H2,1-3H3. The van der Waals surface area contributed by atoms with Gasteiger partial charge in [0, 0.05) is 42.9 Å². The van der Waals surface area contributed by atoms with Gasteiger partial charge in [-0.3, -0.25) is 4.90 Å². The van der Waals surface area contributed by atoms with Crippen molar-refractivity contribution < 1.29 is 9.53 Å². The van der Waals surface area contributed by atoms with Crippen LogP contribution < -0.4 is 5.73 Å². The van der Waals surface area contributed by atoms with Gasteiger partial charge in [0.05, 0.1) is 0 Å². The summed E-state index contributed by atoms with van der Waals surface area (Å²) in [6.45, 7) is 9.69. The van der Waals surface area contributed by atoms with E-state index in [2.05, 4.69) is 26.9 Å². The second-order valence-electron chi connectivity index (χ2n) is 6.94. The topological polar surface area (TPSA) is 58.8 Å². The lowest BCUT2D eigenvalue weighted by atomic mass is 10.1. The molecule has 0 spiro atoms. The maximum atomic E-state index is 12.2. The number of benzene rings is 1. The van der Waals surface area contributed by atoms with E-state index in [0.717, 1.165) is 48.3 Å². The van der Waals surface area contributed by atoms with Gasteiger partial charge in [-0.15, -0.1) is 0 Å². The average molecular weight is 384 g/mol. The van der Waals surface area contributed by atoms with E-state index < -0.39 is 5.60 Å². The zero-order valence-corrected chi connectivity index (χ0v) is 15.7. The Hall–Kier alpha value is -1.27. The Morgan fingerprint density at radius 1 is 1.26 bits per heavy atom. The second kappa shape index (κ2) is 7.53. The van der Waals surface area contributed by atoms with E-state index in [1.165, 1.54) is 0 Å². The minimum atomic E-state index is -0.449. The average Bonchev–Trinajstić information content (AvgIpc) is 2.66. The summed E-state index contributed by atoms with van der Waals surface area (Å²) in [4.78, 5) is 16.3. The van der Waals surface area contributed by atoms with Crippen LogP contribution in [0.1, 0.15) is 32.8 Å². The maximum absolute atomic E-state index is 12.2. The fourth-order valence-electron chi connectivity index (χ4n) is 2.59. The summed E-state index contributed by atoms with van der Waals surface area (Å²) in [6.07, 6.45) is 0.720. The highest BCUT2D eigenvalue weighted by atomic mass is 79.9. The predicted molar refractivity (Wildman–Crippen MR) is 96.3 cm³/mol. The van der Waals surface area contributed by atoms with Crippen LogP contribution >= 0.6 is 15.9 Å². The Labute approximate surface area is 146 Å². The van der Waals surface area contributed by atoms with Crippen molar-refractivity contribution in [2.24, 2.45) is 0 Å². The van der Waals surface area contributed by atoms with E-state index in [4.69, 9.17) is 10.5 Å². The highest BCUT2D eigenvalue weighted by Crippen LogP contribution is 2.21. The summed E-state index contributed by atoms with van der Waals surface area (Å²) < 4.78 is 6.45. The molecule has 23 heavy (non-hydrogen) atoms. The minimum absolute atomic E-state index is 0.220. The molecule has 0 atom stereocenters. The summed E-state index contributed by atoms with van der Waals surface area (Å²) in [5, 5.41) is 0. The summed E-state index contributed by atoms with van der Waals surface area (Å²) in [5.41, 5.74) is 7.55. The van der Waals surface area contributed by atoms with Gasteiger partial charge in [-0.1, -0.05) is 22.0 Å². The lowest BCUT2D eigenvalue weighted by Crippen LogP contribution is -2.39. The second-order valence-corrected chi connectivity index (χ2v) is 7.86. The molecule has 1 aromatic rings. The number of hydrogen-bond donors (Lipinski definition) is 1. The van der Waals surface area contributed by atoms with Crippen molar-refractivity contribution in [1.29, 1.82) is 0 Å². The third-order valence-electron chi connectivity index (χ3n) is 3.74. The summed E-state index contributed by atoms with van der Waals surface area (Å²) in [7, 11) is 0. The number of amides is 1. The van der Waals surface area contributed by atoms with Gasteiger partial charge in [0.25, 0.3) is 0 Å². The van der Waals surface area contributed by atoms with Crippen molar-refractivity contribution in [1.82, 2.24) is 9.80 Å². The molecule has 0 aliphatic carbocycles. The molecule has 0 aromatic heterocycles. The number of nitrogens with zero attached hydrogens (tertiary/aromatic N) is 2. The highest BCUT2D eigenvalue weighted by molar-refractivity contribution is 9.10. The molecule has 1 aliphatic rings. The molecule has 1 fully saturated rings. The van der Waals surface area contributed by atoms with Crippen LogP contribution in [0, 0.1) is 0 Å².